The fraction of sp³-hybridized carbons (Fsp3) is 0.588. The number of ketones is 1. The van der Waals surface area contributed by atoms with Crippen LogP contribution < -0.4 is 0 Å². The van der Waals surface area contributed by atoms with Gasteiger partial charge in [0.05, 0.1) is 6.54 Å². The summed E-state index contributed by atoms with van der Waals surface area (Å²) in [6.07, 6.45) is 2.48. The fourth-order valence-corrected chi connectivity index (χ4v) is 3.29. The van der Waals surface area contributed by atoms with E-state index in [1.807, 2.05) is 13.8 Å². The van der Waals surface area contributed by atoms with Gasteiger partial charge in [-0.3, -0.25) is 9.69 Å². The minimum Gasteiger partial charge on any atom is -0.296 e. The summed E-state index contributed by atoms with van der Waals surface area (Å²) >= 11 is 0. The van der Waals surface area contributed by atoms with Crippen molar-refractivity contribution in [3.63, 3.8) is 0 Å². The largest absolute Gasteiger partial charge is 0.296 e. The van der Waals surface area contributed by atoms with Crippen LogP contribution in [-0.2, 0) is 0 Å². The molecule has 1 atom stereocenters. The van der Waals surface area contributed by atoms with Crippen molar-refractivity contribution in [2.75, 3.05) is 19.6 Å². The number of rotatable bonds is 4. The van der Waals surface area contributed by atoms with Crippen molar-refractivity contribution < 1.29 is 4.79 Å². The molecular formula is C17H25NO. The van der Waals surface area contributed by atoms with E-state index in [-0.39, 0.29) is 5.78 Å². The molecule has 19 heavy (non-hydrogen) atoms. The third-order valence-corrected chi connectivity index (χ3v) is 4.27. The van der Waals surface area contributed by atoms with E-state index in [0.29, 0.717) is 6.54 Å². The van der Waals surface area contributed by atoms with E-state index in [0.717, 1.165) is 35.7 Å². The van der Waals surface area contributed by atoms with Crippen molar-refractivity contribution in [2.24, 2.45) is 5.92 Å². The molecule has 1 heterocycles. The number of hydrogen-bond acceptors (Lipinski definition) is 2. The van der Waals surface area contributed by atoms with E-state index in [2.05, 4.69) is 30.9 Å². The molecule has 1 aromatic carbocycles. The molecule has 0 saturated carbocycles. The van der Waals surface area contributed by atoms with E-state index >= 15 is 0 Å². The summed E-state index contributed by atoms with van der Waals surface area (Å²) in [6.45, 7) is 11.2. The Morgan fingerprint density at radius 3 is 2.42 bits per heavy atom. The fourth-order valence-electron chi connectivity index (χ4n) is 3.29. The molecule has 2 nitrogen and oxygen atoms in total. The van der Waals surface area contributed by atoms with Crippen molar-refractivity contribution in [1.29, 1.82) is 0 Å². The number of carbonyl (C=O) groups is 1. The van der Waals surface area contributed by atoms with Crippen LogP contribution in [0.4, 0.5) is 0 Å². The van der Waals surface area contributed by atoms with Gasteiger partial charge < -0.3 is 0 Å². The van der Waals surface area contributed by atoms with Gasteiger partial charge in [-0.25, -0.2) is 0 Å². The first-order valence-corrected chi connectivity index (χ1v) is 7.34. The van der Waals surface area contributed by atoms with Crippen LogP contribution in [0.5, 0.6) is 0 Å². The zero-order valence-electron chi connectivity index (χ0n) is 12.6. The minimum absolute atomic E-state index is 0.284. The Kier molecular flexibility index (Phi) is 4.41. The predicted molar refractivity (Wildman–Crippen MR) is 79.8 cm³/mol. The first-order chi connectivity index (χ1) is 9.01. The molecular weight excluding hydrogens is 234 g/mol. The smallest absolute Gasteiger partial charge is 0.177 e. The molecule has 1 aliphatic rings. The van der Waals surface area contributed by atoms with E-state index in [9.17, 15) is 4.79 Å². The number of benzene rings is 1. The van der Waals surface area contributed by atoms with Gasteiger partial charge >= 0.3 is 0 Å². The predicted octanol–water partition coefficient (Wildman–Crippen LogP) is 3.53. The Balaban J connectivity index is 2.09. The molecule has 0 bridgehead atoms. The molecule has 0 aromatic heterocycles. The molecule has 2 heteroatoms. The van der Waals surface area contributed by atoms with Gasteiger partial charge in [-0.15, -0.1) is 0 Å². The second-order valence-corrected chi connectivity index (χ2v) is 5.99. The molecule has 0 N–H and O–H groups in total. The van der Waals surface area contributed by atoms with Gasteiger partial charge in [0.1, 0.15) is 0 Å². The van der Waals surface area contributed by atoms with Crippen molar-refractivity contribution in [3.05, 3.63) is 34.4 Å². The lowest BCUT2D eigenvalue weighted by Gasteiger charge is -2.17. The monoisotopic (exact) mass is 259 g/mol. The number of likely N-dealkylation sites (tertiary alicyclic amines) is 1. The van der Waals surface area contributed by atoms with Crippen LogP contribution in [0.2, 0.25) is 0 Å². The molecule has 1 fully saturated rings. The Bertz CT molecular complexity index is 455. The van der Waals surface area contributed by atoms with Crippen LogP contribution in [0.15, 0.2) is 12.1 Å². The highest BCUT2D eigenvalue weighted by atomic mass is 16.1. The highest BCUT2D eigenvalue weighted by molar-refractivity contribution is 6.00. The normalized spacial score (nSPS) is 19.9. The SMILES string of the molecule is CCC1CCN(CC(=O)c2c(C)cc(C)cc2C)C1. The zero-order valence-corrected chi connectivity index (χ0v) is 12.6. The van der Waals surface area contributed by atoms with Crippen molar-refractivity contribution in [3.8, 4) is 0 Å². The third kappa shape index (κ3) is 3.24. The Labute approximate surface area is 116 Å². The maximum atomic E-state index is 12.5. The first-order valence-electron chi connectivity index (χ1n) is 7.34. The van der Waals surface area contributed by atoms with Gasteiger partial charge in [-0.2, -0.15) is 0 Å². The lowest BCUT2D eigenvalue weighted by Crippen LogP contribution is -2.28. The second-order valence-electron chi connectivity index (χ2n) is 5.99. The Morgan fingerprint density at radius 1 is 1.26 bits per heavy atom. The van der Waals surface area contributed by atoms with E-state index in [4.69, 9.17) is 0 Å². The molecule has 104 valence electrons. The maximum Gasteiger partial charge on any atom is 0.177 e. The highest BCUT2D eigenvalue weighted by Crippen LogP contribution is 2.21. The second kappa shape index (κ2) is 5.87. The molecule has 0 amide bonds. The zero-order chi connectivity index (χ0) is 14.0. The molecule has 2 rings (SSSR count). The summed E-state index contributed by atoms with van der Waals surface area (Å²) < 4.78 is 0. The molecule has 0 aliphatic carbocycles. The van der Waals surface area contributed by atoms with Crippen molar-refractivity contribution in [1.82, 2.24) is 4.90 Å². The van der Waals surface area contributed by atoms with E-state index < -0.39 is 0 Å². The number of aryl methyl sites for hydroxylation is 3. The van der Waals surface area contributed by atoms with Crippen LogP contribution in [0.25, 0.3) is 0 Å². The highest BCUT2D eigenvalue weighted by Gasteiger charge is 2.24. The number of nitrogens with zero attached hydrogens (tertiary/aromatic N) is 1. The average molecular weight is 259 g/mol. The molecule has 0 spiro atoms. The average Bonchev–Trinajstić information content (AvgIpc) is 2.75. The molecule has 1 aliphatic heterocycles. The van der Waals surface area contributed by atoms with Crippen LogP contribution in [-0.4, -0.2) is 30.3 Å². The van der Waals surface area contributed by atoms with Gasteiger partial charge in [0.25, 0.3) is 0 Å². The van der Waals surface area contributed by atoms with Gasteiger partial charge in [0.2, 0.25) is 0 Å². The van der Waals surface area contributed by atoms with E-state index in [1.165, 1.54) is 18.4 Å². The number of Topliss-reactive ketones (excluding diaryl/α,β-unsaturated/α-hetero) is 1. The van der Waals surface area contributed by atoms with Gasteiger partial charge in [0.15, 0.2) is 5.78 Å². The van der Waals surface area contributed by atoms with Crippen LogP contribution in [0.1, 0.15) is 46.8 Å². The van der Waals surface area contributed by atoms with Crippen LogP contribution >= 0.6 is 0 Å². The number of hydrogen-bond donors (Lipinski definition) is 0. The summed E-state index contributed by atoms with van der Waals surface area (Å²) in [4.78, 5) is 14.8. The van der Waals surface area contributed by atoms with Crippen LogP contribution in [0.3, 0.4) is 0 Å². The number of carbonyl (C=O) groups excluding carboxylic acids is 1. The lowest BCUT2D eigenvalue weighted by atomic mass is 9.96. The Hall–Kier alpha value is -1.15. The summed E-state index contributed by atoms with van der Waals surface area (Å²) in [6, 6.07) is 4.22. The topological polar surface area (TPSA) is 20.3 Å². The first kappa shape index (κ1) is 14.3. The van der Waals surface area contributed by atoms with Gasteiger partial charge in [0, 0.05) is 12.1 Å². The summed E-state index contributed by atoms with van der Waals surface area (Å²) in [5.74, 6) is 1.07. The minimum atomic E-state index is 0.284. The lowest BCUT2D eigenvalue weighted by molar-refractivity contribution is 0.0942. The molecule has 1 unspecified atom stereocenters. The molecule has 1 aromatic rings. The third-order valence-electron chi connectivity index (χ3n) is 4.27. The van der Waals surface area contributed by atoms with Gasteiger partial charge in [-0.1, -0.05) is 31.0 Å². The summed E-state index contributed by atoms with van der Waals surface area (Å²) in [5.41, 5.74) is 4.41. The van der Waals surface area contributed by atoms with Crippen LogP contribution in [0, 0.1) is 26.7 Å². The van der Waals surface area contributed by atoms with E-state index in [1.54, 1.807) is 0 Å². The van der Waals surface area contributed by atoms with Crippen molar-refractivity contribution in [2.45, 2.75) is 40.5 Å². The quantitative estimate of drug-likeness (QED) is 0.771. The molecule has 0 radical (unpaired) electrons. The summed E-state index contributed by atoms with van der Waals surface area (Å²) in [5, 5.41) is 0. The maximum absolute atomic E-state index is 12.5. The van der Waals surface area contributed by atoms with Crippen molar-refractivity contribution >= 4 is 5.78 Å². The van der Waals surface area contributed by atoms with Gasteiger partial charge in [-0.05, 0) is 50.8 Å². The molecule has 1 saturated heterocycles. The standard InChI is InChI=1S/C17H25NO/c1-5-15-6-7-18(10-15)11-16(19)17-13(3)8-12(2)9-14(17)4/h8-9,15H,5-7,10-11H2,1-4H3. The Morgan fingerprint density at radius 2 is 1.89 bits per heavy atom. The summed E-state index contributed by atoms with van der Waals surface area (Å²) in [7, 11) is 0.